The van der Waals surface area contributed by atoms with Crippen LogP contribution in [0, 0.1) is 0 Å². The van der Waals surface area contributed by atoms with Crippen molar-refractivity contribution >= 4 is 38.3 Å². The molecule has 0 bridgehead atoms. The fourth-order valence-electron chi connectivity index (χ4n) is 3.46. The van der Waals surface area contributed by atoms with Gasteiger partial charge < -0.3 is 4.74 Å². The molecule has 9 heteroatoms. The van der Waals surface area contributed by atoms with E-state index in [0.29, 0.717) is 17.9 Å². The maximum atomic E-state index is 12.6. The van der Waals surface area contributed by atoms with Crippen molar-refractivity contribution in [2.75, 3.05) is 11.3 Å². The number of hydrazine groups is 1. The first kappa shape index (κ1) is 23.8. The van der Waals surface area contributed by atoms with Gasteiger partial charge in [0, 0.05) is 16.8 Å². The van der Waals surface area contributed by atoms with E-state index in [1.54, 1.807) is 24.3 Å². The van der Waals surface area contributed by atoms with Crippen molar-refractivity contribution in [1.82, 2.24) is 10.9 Å². The van der Waals surface area contributed by atoms with Gasteiger partial charge in [-0.15, -0.1) is 0 Å². The SMILES string of the molecule is CCOc1ccc(S(=O)(=O)Nc2ccc(C(=O)NNC(=O)c3cccc4ccccc34)cc2)cc1. The maximum Gasteiger partial charge on any atom is 0.270 e. The van der Waals surface area contributed by atoms with Crippen LogP contribution in [0.1, 0.15) is 27.6 Å². The van der Waals surface area contributed by atoms with Crippen molar-refractivity contribution in [2.45, 2.75) is 11.8 Å². The second-order valence-electron chi connectivity index (χ2n) is 7.52. The second-order valence-corrected chi connectivity index (χ2v) is 9.20. The fraction of sp³-hybridized carbons (Fsp3) is 0.0769. The van der Waals surface area contributed by atoms with Crippen LogP contribution >= 0.6 is 0 Å². The van der Waals surface area contributed by atoms with Gasteiger partial charge in [-0.2, -0.15) is 0 Å². The van der Waals surface area contributed by atoms with E-state index < -0.39 is 21.8 Å². The summed E-state index contributed by atoms with van der Waals surface area (Å²) in [5.41, 5.74) is 5.76. The summed E-state index contributed by atoms with van der Waals surface area (Å²) >= 11 is 0. The summed E-state index contributed by atoms with van der Waals surface area (Å²) in [5, 5.41) is 1.68. The fourth-order valence-corrected chi connectivity index (χ4v) is 4.52. The number of sulfonamides is 1. The monoisotopic (exact) mass is 489 g/mol. The van der Waals surface area contributed by atoms with E-state index in [-0.39, 0.29) is 16.1 Å². The van der Waals surface area contributed by atoms with Gasteiger partial charge in [0.2, 0.25) is 0 Å². The summed E-state index contributed by atoms with van der Waals surface area (Å²) in [7, 11) is -3.81. The highest BCUT2D eigenvalue weighted by molar-refractivity contribution is 7.92. The molecule has 35 heavy (non-hydrogen) atoms. The Kier molecular flexibility index (Phi) is 6.98. The number of hydrogen-bond donors (Lipinski definition) is 3. The van der Waals surface area contributed by atoms with Gasteiger partial charge in [-0.3, -0.25) is 25.2 Å². The number of nitrogens with one attached hydrogen (secondary N) is 3. The van der Waals surface area contributed by atoms with Gasteiger partial charge in [-0.25, -0.2) is 8.42 Å². The van der Waals surface area contributed by atoms with Gasteiger partial charge in [0.05, 0.1) is 11.5 Å². The summed E-state index contributed by atoms with van der Waals surface area (Å²) in [4.78, 5) is 25.1. The number of hydrogen-bond acceptors (Lipinski definition) is 5. The third-order valence-electron chi connectivity index (χ3n) is 5.17. The van der Waals surface area contributed by atoms with Gasteiger partial charge in [0.1, 0.15) is 5.75 Å². The third kappa shape index (κ3) is 5.59. The Morgan fingerprint density at radius 1 is 0.771 bits per heavy atom. The van der Waals surface area contributed by atoms with E-state index in [4.69, 9.17) is 4.74 Å². The van der Waals surface area contributed by atoms with E-state index >= 15 is 0 Å². The standard InChI is InChI=1S/C26H23N3O5S/c1-2-34-21-14-16-22(17-15-21)35(32,33)29-20-12-10-19(11-13-20)25(30)27-28-26(31)24-9-5-7-18-6-3-4-8-23(18)24/h3-17,29H,2H2,1H3,(H,27,30)(H,28,31). The summed E-state index contributed by atoms with van der Waals surface area (Å²) < 4.78 is 33.0. The topological polar surface area (TPSA) is 114 Å². The zero-order valence-corrected chi connectivity index (χ0v) is 19.6. The van der Waals surface area contributed by atoms with E-state index in [0.717, 1.165) is 10.8 Å². The van der Waals surface area contributed by atoms with Crippen LogP contribution in [0.4, 0.5) is 5.69 Å². The Morgan fingerprint density at radius 3 is 2.14 bits per heavy atom. The summed E-state index contributed by atoms with van der Waals surface area (Å²) in [6, 6.07) is 24.7. The van der Waals surface area contributed by atoms with Gasteiger partial charge >= 0.3 is 0 Å². The third-order valence-corrected chi connectivity index (χ3v) is 6.57. The van der Waals surface area contributed by atoms with Crippen LogP contribution in [0.2, 0.25) is 0 Å². The molecule has 3 N–H and O–H groups in total. The molecule has 0 unspecified atom stereocenters. The average Bonchev–Trinajstić information content (AvgIpc) is 2.87. The number of rotatable bonds is 7. The number of anilines is 1. The molecule has 4 aromatic carbocycles. The Bertz CT molecular complexity index is 1460. The first-order valence-corrected chi connectivity index (χ1v) is 12.3. The molecule has 8 nitrogen and oxygen atoms in total. The van der Waals surface area contributed by atoms with Crippen LogP contribution in [0.3, 0.4) is 0 Å². The first-order valence-electron chi connectivity index (χ1n) is 10.8. The molecule has 2 amide bonds. The molecule has 4 rings (SSSR count). The van der Waals surface area contributed by atoms with E-state index in [2.05, 4.69) is 15.6 Å². The predicted octanol–water partition coefficient (Wildman–Crippen LogP) is 4.11. The number of ether oxygens (including phenoxy) is 1. The Morgan fingerprint density at radius 2 is 1.43 bits per heavy atom. The van der Waals surface area contributed by atoms with Gasteiger partial charge in [-0.05, 0) is 72.3 Å². The predicted molar refractivity (Wildman–Crippen MR) is 134 cm³/mol. The van der Waals surface area contributed by atoms with E-state index in [9.17, 15) is 18.0 Å². The number of carbonyl (C=O) groups excluding carboxylic acids is 2. The molecular weight excluding hydrogens is 466 g/mol. The van der Waals surface area contributed by atoms with Crippen LogP contribution in [0.5, 0.6) is 5.75 Å². The summed E-state index contributed by atoms with van der Waals surface area (Å²) in [5.74, 6) is -0.413. The van der Waals surface area contributed by atoms with Crippen LogP contribution in [-0.2, 0) is 10.0 Å². The van der Waals surface area contributed by atoms with Crippen molar-refractivity contribution in [3.63, 3.8) is 0 Å². The van der Waals surface area contributed by atoms with Gasteiger partial charge in [-0.1, -0.05) is 36.4 Å². The molecule has 4 aromatic rings. The Balaban J connectivity index is 1.38. The average molecular weight is 490 g/mol. The molecule has 178 valence electrons. The van der Waals surface area contributed by atoms with Crippen LogP contribution in [0.25, 0.3) is 10.8 Å². The quantitative estimate of drug-likeness (QED) is 0.338. The van der Waals surface area contributed by atoms with E-state index in [1.807, 2.05) is 37.3 Å². The maximum absolute atomic E-state index is 12.6. The molecular formula is C26H23N3O5S. The minimum Gasteiger partial charge on any atom is -0.494 e. The number of benzene rings is 4. The van der Waals surface area contributed by atoms with E-state index in [1.165, 1.54) is 36.4 Å². The van der Waals surface area contributed by atoms with Gasteiger partial charge in [0.15, 0.2) is 0 Å². The van der Waals surface area contributed by atoms with Crippen LogP contribution < -0.4 is 20.3 Å². The van der Waals surface area contributed by atoms with Crippen molar-refractivity contribution < 1.29 is 22.7 Å². The number of fused-ring (bicyclic) bond motifs is 1. The lowest BCUT2D eigenvalue weighted by Crippen LogP contribution is -2.41. The van der Waals surface area contributed by atoms with Crippen LogP contribution in [0.15, 0.2) is 95.9 Å². The molecule has 0 heterocycles. The first-order chi connectivity index (χ1) is 16.9. The van der Waals surface area contributed by atoms with Crippen molar-refractivity contribution in [3.8, 4) is 5.75 Å². The highest BCUT2D eigenvalue weighted by Crippen LogP contribution is 2.20. The lowest BCUT2D eigenvalue weighted by Gasteiger charge is -2.11. The lowest BCUT2D eigenvalue weighted by atomic mass is 10.0. The van der Waals surface area contributed by atoms with Crippen molar-refractivity contribution in [2.24, 2.45) is 0 Å². The Hall–Kier alpha value is -4.37. The zero-order valence-electron chi connectivity index (χ0n) is 18.8. The molecule has 0 spiro atoms. The molecule has 0 aromatic heterocycles. The molecule has 0 fully saturated rings. The highest BCUT2D eigenvalue weighted by Gasteiger charge is 2.15. The number of amides is 2. The van der Waals surface area contributed by atoms with Gasteiger partial charge in [0.25, 0.3) is 21.8 Å². The van der Waals surface area contributed by atoms with Crippen LogP contribution in [-0.4, -0.2) is 26.8 Å². The minimum atomic E-state index is -3.81. The normalized spacial score (nSPS) is 11.0. The smallest absolute Gasteiger partial charge is 0.270 e. The van der Waals surface area contributed by atoms with Crippen molar-refractivity contribution in [1.29, 1.82) is 0 Å². The summed E-state index contributed by atoms with van der Waals surface area (Å²) in [6.45, 7) is 2.33. The zero-order chi connectivity index (χ0) is 24.8. The lowest BCUT2D eigenvalue weighted by molar-refractivity contribution is 0.0847. The molecule has 0 saturated heterocycles. The largest absolute Gasteiger partial charge is 0.494 e. The molecule has 0 radical (unpaired) electrons. The minimum absolute atomic E-state index is 0.0823. The Labute approximate surface area is 203 Å². The van der Waals surface area contributed by atoms with Crippen molar-refractivity contribution in [3.05, 3.63) is 102 Å². The second kappa shape index (κ2) is 10.3. The number of carbonyl (C=O) groups is 2. The molecule has 0 aliphatic rings. The molecule has 0 aliphatic heterocycles. The molecule has 0 atom stereocenters. The summed E-state index contributed by atoms with van der Waals surface area (Å²) in [6.07, 6.45) is 0. The molecule has 0 saturated carbocycles. The highest BCUT2D eigenvalue weighted by atomic mass is 32.2. The molecule has 0 aliphatic carbocycles.